The molecule has 1 aromatic carbocycles. The molecule has 0 unspecified atom stereocenters. The maximum Gasteiger partial charge on any atom is 0.360 e. The van der Waals surface area contributed by atoms with E-state index in [-0.39, 0.29) is 0 Å². The summed E-state index contributed by atoms with van der Waals surface area (Å²) < 4.78 is 24.2. The molecule has 0 N–H and O–H groups in total. The first-order valence-electron chi connectivity index (χ1n) is 4.03. The molecule has 0 aromatic heterocycles. The molecular weight excluding hydrogens is 238 g/mol. The predicted octanol–water partition coefficient (Wildman–Crippen LogP) is 0.586. The topological polar surface area (TPSA) is 104 Å². The van der Waals surface area contributed by atoms with Crippen molar-refractivity contribution >= 4 is 22.6 Å². The van der Waals surface area contributed by atoms with Crippen molar-refractivity contribution in [2.75, 3.05) is 0 Å². The molecule has 0 heterocycles. The summed E-state index contributed by atoms with van der Waals surface area (Å²) >= 11 is 0. The van der Waals surface area contributed by atoms with Gasteiger partial charge in [0.05, 0.1) is 4.92 Å². The second-order valence-electron chi connectivity index (χ2n) is 2.88. The van der Waals surface area contributed by atoms with Crippen LogP contribution in [0.25, 0.3) is 0 Å². The summed E-state index contributed by atoms with van der Waals surface area (Å²) in [7, 11) is -3.37. The predicted molar refractivity (Wildman–Crippen MR) is 53.6 cm³/mol. The first kappa shape index (κ1) is 12.1. The number of hydrogen-bond donors (Lipinski definition) is 1. The zero-order valence-corrected chi connectivity index (χ0v) is 8.97. The maximum atomic E-state index is 11.2. The van der Waals surface area contributed by atoms with Crippen molar-refractivity contribution in [3.8, 4) is 0 Å². The Morgan fingerprint density at radius 3 is 2.56 bits per heavy atom. The fourth-order valence-electron chi connectivity index (χ4n) is 1.08. The molecule has 8 heteroatoms. The van der Waals surface area contributed by atoms with Crippen LogP contribution in [0.5, 0.6) is 0 Å². The Morgan fingerprint density at radius 1 is 1.44 bits per heavy atom. The molecule has 0 fully saturated rings. The van der Waals surface area contributed by atoms with E-state index >= 15 is 0 Å². The highest BCUT2D eigenvalue weighted by Gasteiger charge is 2.21. The van der Waals surface area contributed by atoms with E-state index in [1.165, 1.54) is 6.07 Å². The first-order chi connectivity index (χ1) is 7.41. The van der Waals surface area contributed by atoms with Gasteiger partial charge in [-0.2, -0.15) is 8.42 Å². The molecule has 1 aromatic rings. The Morgan fingerprint density at radius 2 is 2.06 bits per heavy atom. The van der Waals surface area contributed by atoms with E-state index in [2.05, 4.69) is 4.18 Å². The summed E-state index contributed by atoms with van der Waals surface area (Å²) in [5.41, 5.74) is -0.300. The van der Waals surface area contributed by atoms with Gasteiger partial charge >= 0.3 is 17.0 Å². The monoisotopic (exact) mass is 245 g/mol. The average Bonchev–Trinajstić information content (AvgIpc) is 2.16. The van der Waals surface area contributed by atoms with E-state index in [0.717, 1.165) is 12.1 Å². The minimum Gasteiger partial charge on any atom is -0.343 e. The van der Waals surface area contributed by atoms with Crippen LogP contribution in [0, 0.1) is 17.0 Å². The second kappa shape index (κ2) is 4.71. The van der Waals surface area contributed by atoms with Crippen LogP contribution in [0.3, 0.4) is 0 Å². The highest BCUT2D eigenvalue weighted by molar-refractivity contribution is 7.67. The van der Waals surface area contributed by atoms with Gasteiger partial charge in [-0.3, -0.25) is 10.1 Å². The summed E-state index contributed by atoms with van der Waals surface area (Å²) in [5, 5.41) is 10.6. The minimum atomic E-state index is -3.37. The summed E-state index contributed by atoms with van der Waals surface area (Å²) in [6.45, 7) is 1.61. The molecule has 0 aliphatic rings. The second-order valence-corrected chi connectivity index (χ2v) is 3.51. The van der Waals surface area contributed by atoms with Crippen LogP contribution in [0.4, 0.5) is 5.69 Å². The lowest BCUT2D eigenvalue weighted by Gasteiger charge is -2.00. The fraction of sp³-hybridized carbons (Fsp3) is 0.125. The van der Waals surface area contributed by atoms with Crippen molar-refractivity contribution in [2.45, 2.75) is 6.92 Å². The zero-order chi connectivity index (χ0) is 12.3. The maximum absolute atomic E-state index is 11.2. The largest absolute Gasteiger partial charge is 0.360 e. The van der Waals surface area contributed by atoms with E-state index in [1.807, 2.05) is 0 Å². The number of nitro groups is 1. The molecule has 0 aliphatic heterocycles. The van der Waals surface area contributed by atoms with E-state index in [9.17, 15) is 23.3 Å². The van der Waals surface area contributed by atoms with Crippen molar-refractivity contribution in [3.63, 3.8) is 0 Å². The van der Waals surface area contributed by atoms with Crippen LogP contribution in [0.1, 0.15) is 15.9 Å². The van der Waals surface area contributed by atoms with Crippen LogP contribution in [0.2, 0.25) is 0 Å². The summed E-state index contributed by atoms with van der Waals surface area (Å²) in [6.07, 6.45) is 0. The van der Waals surface area contributed by atoms with Gasteiger partial charge in [-0.1, -0.05) is 6.07 Å². The van der Waals surface area contributed by atoms with Crippen LogP contribution < -0.4 is 0 Å². The fourth-order valence-corrected chi connectivity index (χ4v) is 1.32. The molecule has 1 rings (SSSR count). The van der Waals surface area contributed by atoms with E-state index in [4.69, 9.17) is 0 Å². The molecule has 0 saturated heterocycles. The Labute approximate surface area is 92.0 Å². The number of aryl methyl sites for hydroxylation is 1. The van der Waals surface area contributed by atoms with E-state index < -0.39 is 33.1 Å². The number of benzene rings is 1. The highest BCUT2D eigenvalue weighted by Crippen LogP contribution is 2.20. The molecule has 86 valence electrons. The molecule has 0 amide bonds. The Hall–Kier alpha value is -1.96. The van der Waals surface area contributed by atoms with Crippen LogP contribution >= 0.6 is 0 Å². The van der Waals surface area contributed by atoms with Gasteiger partial charge < -0.3 is 4.18 Å². The quantitative estimate of drug-likeness (QED) is 0.474. The molecular formula is C8H7NO6S. The highest BCUT2D eigenvalue weighted by atomic mass is 32.2. The van der Waals surface area contributed by atoms with Gasteiger partial charge in [0.25, 0.3) is 5.69 Å². The van der Waals surface area contributed by atoms with Crippen molar-refractivity contribution in [1.29, 1.82) is 0 Å². The van der Waals surface area contributed by atoms with Gasteiger partial charge in [0.2, 0.25) is 0 Å². The van der Waals surface area contributed by atoms with Gasteiger partial charge in [-0.05, 0) is 18.6 Å². The summed E-state index contributed by atoms with van der Waals surface area (Å²) in [4.78, 5) is 21.0. The van der Waals surface area contributed by atoms with Gasteiger partial charge in [0.15, 0.2) is 0 Å². The zero-order valence-electron chi connectivity index (χ0n) is 8.08. The molecule has 0 aliphatic carbocycles. The minimum absolute atomic E-state index is 0.394. The first-order valence-corrected chi connectivity index (χ1v) is 5.13. The summed E-state index contributed by atoms with van der Waals surface area (Å²) in [5.74, 6) is -1.26. The number of nitro benzene ring substituents is 1. The number of carbonyl (C=O) groups is 1. The lowest BCUT2D eigenvalue weighted by Crippen LogP contribution is -2.07. The van der Waals surface area contributed by atoms with Crippen molar-refractivity contribution < 1.29 is 22.3 Å². The van der Waals surface area contributed by atoms with Crippen LogP contribution in [-0.2, 0) is 15.2 Å². The molecule has 0 atom stereocenters. The molecule has 7 nitrogen and oxygen atoms in total. The van der Waals surface area contributed by atoms with Crippen LogP contribution in [-0.4, -0.2) is 19.3 Å². The number of hydrogen-bond acceptors (Lipinski definition) is 6. The lowest BCUT2D eigenvalue weighted by atomic mass is 10.1. The molecule has 0 radical (unpaired) electrons. The Bertz CT molecular complexity index is 513. The number of thiol groups is 1. The van der Waals surface area contributed by atoms with E-state index in [0.29, 0.717) is 5.56 Å². The van der Waals surface area contributed by atoms with Crippen molar-refractivity contribution in [2.24, 2.45) is 0 Å². The Kier molecular flexibility index (Phi) is 3.56. The van der Waals surface area contributed by atoms with Gasteiger partial charge in [0, 0.05) is 6.07 Å². The SMILES string of the molecule is Cc1ccc(C(=O)O[SH](=O)=O)c([N+](=O)[O-])c1. The van der Waals surface area contributed by atoms with Crippen molar-refractivity contribution in [3.05, 3.63) is 39.4 Å². The third kappa shape index (κ3) is 2.76. The third-order valence-electron chi connectivity index (χ3n) is 1.73. The molecule has 0 bridgehead atoms. The molecule has 0 saturated carbocycles. The smallest absolute Gasteiger partial charge is 0.343 e. The average molecular weight is 245 g/mol. The molecule has 16 heavy (non-hydrogen) atoms. The van der Waals surface area contributed by atoms with Gasteiger partial charge in [0.1, 0.15) is 5.56 Å². The lowest BCUT2D eigenvalue weighted by molar-refractivity contribution is -0.385. The number of rotatable bonds is 3. The van der Waals surface area contributed by atoms with Gasteiger partial charge in [-0.25, -0.2) is 4.79 Å². The Balaban J connectivity index is 3.22. The third-order valence-corrected chi connectivity index (χ3v) is 2.04. The van der Waals surface area contributed by atoms with Gasteiger partial charge in [-0.15, -0.1) is 0 Å². The summed E-state index contributed by atoms with van der Waals surface area (Å²) in [6, 6.07) is 3.75. The standard InChI is InChI=1S/C8H7NO6S/c1-5-2-3-6(7(4-5)9(11)12)8(10)15-16(13)14/h2-4,16H,1H3. The number of nitrogens with zero attached hydrogens (tertiary/aromatic N) is 1. The van der Waals surface area contributed by atoms with Crippen LogP contribution in [0.15, 0.2) is 18.2 Å². The van der Waals surface area contributed by atoms with E-state index in [1.54, 1.807) is 6.92 Å². The molecule has 0 spiro atoms. The van der Waals surface area contributed by atoms with Crippen molar-refractivity contribution in [1.82, 2.24) is 0 Å². The normalized spacial score (nSPS) is 10.1. The number of carbonyl (C=O) groups excluding carboxylic acids is 1.